The fourth-order valence-electron chi connectivity index (χ4n) is 1.82. The number of rotatable bonds is 6. The molecule has 0 aliphatic carbocycles. The van der Waals surface area contributed by atoms with Crippen LogP contribution in [0.2, 0.25) is 0 Å². The number of carbonyl (C=O) groups is 2. The number of amides is 1. The van der Waals surface area contributed by atoms with Crippen LogP contribution in [0, 0.1) is 23.0 Å². The molecule has 20 heavy (non-hydrogen) atoms. The van der Waals surface area contributed by atoms with Crippen molar-refractivity contribution in [3.8, 4) is 0 Å². The van der Waals surface area contributed by atoms with Crippen LogP contribution >= 0.6 is 0 Å². The van der Waals surface area contributed by atoms with Crippen LogP contribution in [0.25, 0.3) is 0 Å². The molecular weight excluding hydrogens is 264 g/mol. The Kier molecular flexibility index (Phi) is 5.19. The maximum Gasteiger partial charge on any atom is 0.303 e. The Bertz CT molecular complexity index is 542. The molecule has 0 bridgehead atoms. The second kappa shape index (κ2) is 6.65. The topological polar surface area (TPSA) is 110 Å². The summed E-state index contributed by atoms with van der Waals surface area (Å²) in [6.07, 6.45) is -0.0732. The van der Waals surface area contributed by atoms with Gasteiger partial charge in [-0.1, -0.05) is 19.1 Å². The number of aliphatic carboxylic acids is 1. The Morgan fingerprint density at radius 3 is 2.65 bits per heavy atom. The fraction of sp³-hybridized carbons (Fsp3) is 0.385. The van der Waals surface area contributed by atoms with Gasteiger partial charge in [-0.2, -0.15) is 0 Å². The zero-order valence-electron chi connectivity index (χ0n) is 11.3. The van der Waals surface area contributed by atoms with Crippen LogP contribution in [-0.4, -0.2) is 28.5 Å². The summed E-state index contributed by atoms with van der Waals surface area (Å²) in [4.78, 5) is 32.8. The van der Waals surface area contributed by atoms with Crippen LogP contribution in [0.5, 0.6) is 0 Å². The molecule has 0 saturated carbocycles. The van der Waals surface area contributed by atoms with Crippen LogP contribution in [0.4, 0.5) is 5.69 Å². The van der Waals surface area contributed by atoms with E-state index in [0.29, 0.717) is 5.56 Å². The smallest absolute Gasteiger partial charge is 0.303 e. The lowest BCUT2D eigenvalue weighted by Gasteiger charge is -2.11. The number of para-hydroxylation sites is 1. The van der Waals surface area contributed by atoms with Crippen LogP contribution in [-0.2, 0) is 4.79 Å². The summed E-state index contributed by atoms with van der Waals surface area (Å²) in [6.45, 7) is 3.39. The highest BCUT2D eigenvalue weighted by atomic mass is 16.6. The summed E-state index contributed by atoms with van der Waals surface area (Å²) in [5.41, 5.74) is 0.162. The van der Waals surface area contributed by atoms with Crippen LogP contribution < -0.4 is 5.32 Å². The molecule has 7 nitrogen and oxygen atoms in total. The average Bonchev–Trinajstić information content (AvgIpc) is 2.34. The number of hydrogen-bond donors (Lipinski definition) is 2. The maximum atomic E-state index is 11.9. The van der Waals surface area contributed by atoms with E-state index in [0.717, 1.165) is 0 Å². The quantitative estimate of drug-likeness (QED) is 0.609. The molecule has 1 aromatic carbocycles. The van der Waals surface area contributed by atoms with E-state index in [1.807, 2.05) is 0 Å². The molecule has 7 heteroatoms. The van der Waals surface area contributed by atoms with Gasteiger partial charge in [-0.15, -0.1) is 0 Å². The van der Waals surface area contributed by atoms with Gasteiger partial charge >= 0.3 is 5.97 Å². The molecule has 1 aromatic rings. The average molecular weight is 280 g/mol. The van der Waals surface area contributed by atoms with Gasteiger partial charge in [0.25, 0.3) is 11.6 Å². The molecule has 108 valence electrons. The van der Waals surface area contributed by atoms with E-state index in [-0.39, 0.29) is 30.1 Å². The van der Waals surface area contributed by atoms with E-state index < -0.39 is 16.8 Å². The molecule has 2 N–H and O–H groups in total. The summed E-state index contributed by atoms with van der Waals surface area (Å²) >= 11 is 0. The van der Waals surface area contributed by atoms with Gasteiger partial charge in [0.2, 0.25) is 0 Å². The molecule has 0 saturated heterocycles. The first kappa shape index (κ1) is 15.6. The molecule has 0 aromatic heterocycles. The van der Waals surface area contributed by atoms with Crippen molar-refractivity contribution in [2.45, 2.75) is 20.3 Å². The summed E-state index contributed by atoms with van der Waals surface area (Å²) in [5, 5.41) is 22.1. The second-order valence-corrected chi connectivity index (χ2v) is 4.64. The van der Waals surface area contributed by atoms with Gasteiger partial charge in [0, 0.05) is 18.5 Å². The SMILES string of the molecule is Cc1cccc(C(=O)NCC(C)CC(=O)O)c1[N+](=O)[O-]. The highest BCUT2D eigenvalue weighted by molar-refractivity contribution is 5.98. The van der Waals surface area contributed by atoms with Crippen molar-refractivity contribution in [3.63, 3.8) is 0 Å². The number of carboxylic acid groups (broad SMARTS) is 1. The lowest BCUT2D eigenvalue weighted by Crippen LogP contribution is -2.29. The highest BCUT2D eigenvalue weighted by Gasteiger charge is 2.22. The first-order valence-corrected chi connectivity index (χ1v) is 6.07. The molecule has 1 atom stereocenters. The van der Waals surface area contributed by atoms with Crippen molar-refractivity contribution in [1.29, 1.82) is 0 Å². The first-order chi connectivity index (χ1) is 9.32. The third-order valence-corrected chi connectivity index (χ3v) is 2.80. The van der Waals surface area contributed by atoms with E-state index in [2.05, 4.69) is 5.32 Å². The number of carboxylic acids is 1. The third-order valence-electron chi connectivity index (χ3n) is 2.80. The number of nitrogens with one attached hydrogen (secondary N) is 1. The van der Waals surface area contributed by atoms with E-state index in [9.17, 15) is 19.7 Å². The third kappa shape index (κ3) is 4.04. The van der Waals surface area contributed by atoms with Crippen molar-refractivity contribution in [2.24, 2.45) is 5.92 Å². The minimum Gasteiger partial charge on any atom is -0.481 e. The predicted octanol–water partition coefficient (Wildman–Crippen LogP) is 1.74. The minimum absolute atomic E-state index is 0.0162. The van der Waals surface area contributed by atoms with E-state index >= 15 is 0 Å². The number of benzene rings is 1. The monoisotopic (exact) mass is 280 g/mol. The number of nitrogens with zero attached hydrogens (tertiary/aromatic N) is 1. The minimum atomic E-state index is -0.951. The summed E-state index contributed by atoms with van der Waals surface area (Å²) in [5.74, 6) is -1.77. The molecule has 0 spiro atoms. The van der Waals surface area contributed by atoms with E-state index in [4.69, 9.17) is 5.11 Å². The molecule has 1 rings (SSSR count). The van der Waals surface area contributed by atoms with Gasteiger partial charge in [0.15, 0.2) is 0 Å². The molecule has 0 fully saturated rings. The van der Waals surface area contributed by atoms with Crippen molar-refractivity contribution in [3.05, 3.63) is 39.4 Å². The number of nitro groups is 1. The Balaban J connectivity index is 2.81. The Labute approximate surface area is 115 Å². The van der Waals surface area contributed by atoms with Gasteiger partial charge in [-0.3, -0.25) is 19.7 Å². The van der Waals surface area contributed by atoms with Gasteiger partial charge < -0.3 is 10.4 Å². The lowest BCUT2D eigenvalue weighted by molar-refractivity contribution is -0.385. The Morgan fingerprint density at radius 2 is 2.10 bits per heavy atom. The Morgan fingerprint density at radius 1 is 1.45 bits per heavy atom. The highest BCUT2D eigenvalue weighted by Crippen LogP contribution is 2.22. The first-order valence-electron chi connectivity index (χ1n) is 6.07. The van der Waals surface area contributed by atoms with Crippen molar-refractivity contribution in [1.82, 2.24) is 5.32 Å². The number of nitro benzene ring substituents is 1. The number of hydrogen-bond acceptors (Lipinski definition) is 4. The lowest BCUT2D eigenvalue weighted by atomic mass is 10.1. The van der Waals surface area contributed by atoms with Crippen molar-refractivity contribution >= 4 is 17.6 Å². The van der Waals surface area contributed by atoms with Crippen molar-refractivity contribution < 1.29 is 19.6 Å². The van der Waals surface area contributed by atoms with Crippen molar-refractivity contribution in [2.75, 3.05) is 6.54 Å². The molecule has 0 heterocycles. The molecular formula is C13H16N2O5. The van der Waals surface area contributed by atoms with E-state index in [1.165, 1.54) is 6.07 Å². The largest absolute Gasteiger partial charge is 0.481 e. The molecule has 1 amide bonds. The van der Waals surface area contributed by atoms with Gasteiger partial charge in [-0.05, 0) is 18.9 Å². The second-order valence-electron chi connectivity index (χ2n) is 4.64. The summed E-state index contributed by atoms with van der Waals surface area (Å²) in [6, 6.07) is 4.50. The predicted molar refractivity (Wildman–Crippen MR) is 71.6 cm³/mol. The zero-order chi connectivity index (χ0) is 15.3. The number of carbonyl (C=O) groups excluding carboxylic acids is 1. The molecule has 0 aliphatic rings. The Hall–Kier alpha value is -2.44. The maximum absolute atomic E-state index is 11.9. The zero-order valence-corrected chi connectivity index (χ0v) is 11.3. The van der Waals surface area contributed by atoms with Gasteiger partial charge in [0.05, 0.1) is 4.92 Å². The normalized spacial score (nSPS) is 11.7. The van der Waals surface area contributed by atoms with Crippen LogP contribution in [0.1, 0.15) is 29.3 Å². The fourth-order valence-corrected chi connectivity index (χ4v) is 1.82. The molecule has 0 radical (unpaired) electrons. The summed E-state index contributed by atoms with van der Waals surface area (Å²) < 4.78 is 0. The van der Waals surface area contributed by atoms with Gasteiger partial charge in [0.1, 0.15) is 5.56 Å². The van der Waals surface area contributed by atoms with Crippen LogP contribution in [0.15, 0.2) is 18.2 Å². The summed E-state index contributed by atoms with van der Waals surface area (Å²) in [7, 11) is 0. The van der Waals surface area contributed by atoms with Gasteiger partial charge in [-0.25, -0.2) is 0 Å². The molecule has 1 unspecified atom stereocenters. The van der Waals surface area contributed by atoms with Crippen LogP contribution in [0.3, 0.4) is 0 Å². The molecule has 0 aliphatic heterocycles. The van der Waals surface area contributed by atoms with E-state index in [1.54, 1.807) is 26.0 Å². The standard InChI is InChI=1S/C13H16N2O5/c1-8(6-11(16)17)7-14-13(18)10-5-3-4-9(2)12(10)15(19)20/h3-5,8H,6-7H2,1-2H3,(H,14,18)(H,16,17). The number of aryl methyl sites for hydroxylation is 1.